The van der Waals surface area contributed by atoms with E-state index in [0.29, 0.717) is 22.0 Å². The second-order valence-electron chi connectivity index (χ2n) is 4.00. The van der Waals surface area contributed by atoms with E-state index >= 15 is 0 Å². The standard InChI is InChI=1S/C12H13ClN4O/c1-6-11(7(2)17-16-6)15-12(18)9-5-8(14)3-4-10(9)13/h3-5H,14H2,1-2H3,(H,15,18)(H,16,17). The van der Waals surface area contributed by atoms with Crippen LogP contribution in [-0.4, -0.2) is 16.1 Å². The number of amides is 1. The molecule has 6 heteroatoms. The number of benzene rings is 1. The minimum Gasteiger partial charge on any atom is -0.399 e. The number of anilines is 2. The minimum atomic E-state index is -0.306. The van der Waals surface area contributed by atoms with Crippen molar-refractivity contribution < 1.29 is 4.79 Å². The molecule has 0 saturated carbocycles. The lowest BCUT2D eigenvalue weighted by Gasteiger charge is -2.07. The van der Waals surface area contributed by atoms with E-state index in [0.717, 1.165) is 11.4 Å². The van der Waals surface area contributed by atoms with Crippen molar-refractivity contribution in [2.45, 2.75) is 13.8 Å². The predicted molar refractivity (Wildman–Crippen MR) is 71.9 cm³/mol. The van der Waals surface area contributed by atoms with Gasteiger partial charge in [-0.1, -0.05) is 11.6 Å². The number of hydrogen-bond donors (Lipinski definition) is 3. The van der Waals surface area contributed by atoms with E-state index in [2.05, 4.69) is 15.5 Å². The summed E-state index contributed by atoms with van der Waals surface area (Å²) in [4.78, 5) is 12.1. The van der Waals surface area contributed by atoms with E-state index in [1.807, 2.05) is 6.92 Å². The molecular weight excluding hydrogens is 252 g/mol. The summed E-state index contributed by atoms with van der Waals surface area (Å²) in [5.74, 6) is -0.306. The smallest absolute Gasteiger partial charge is 0.257 e. The topological polar surface area (TPSA) is 83.8 Å². The highest BCUT2D eigenvalue weighted by Gasteiger charge is 2.14. The lowest BCUT2D eigenvalue weighted by atomic mass is 10.2. The molecule has 2 aromatic rings. The summed E-state index contributed by atoms with van der Waals surface area (Å²) >= 11 is 5.97. The predicted octanol–water partition coefficient (Wildman–Crippen LogP) is 2.51. The number of H-pyrrole nitrogens is 1. The molecule has 0 spiro atoms. The Labute approximate surface area is 109 Å². The minimum absolute atomic E-state index is 0.306. The molecule has 18 heavy (non-hydrogen) atoms. The Morgan fingerprint density at radius 2 is 2.17 bits per heavy atom. The van der Waals surface area contributed by atoms with Gasteiger partial charge in [0.1, 0.15) is 0 Å². The van der Waals surface area contributed by atoms with Crippen LogP contribution >= 0.6 is 11.6 Å². The number of carbonyl (C=O) groups excluding carboxylic acids is 1. The van der Waals surface area contributed by atoms with Crippen molar-refractivity contribution in [1.29, 1.82) is 0 Å². The van der Waals surface area contributed by atoms with E-state index in [1.165, 1.54) is 0 Å². The van der Waals surface area contributed by atoms with Crippen LogP contribution in [0.25, 0.3) is 0 Å². The number of hydrogen-bond acceptors (Lipinski definition) is 3. The van der Waals surface area contributed by atoms with Crippen molar-refractivity contribution in [3.63, 3.8) is 0 Å². The van der Waals surface area contributed by atoms with Crippen LogP contribution in [0.5, 0.6) is 0 Å². The second kappa shape index (κ2) is 4.70. The molecule has 4 N–H and O–H groups in total. The molecule has 1 aromatic heterocycles. The SMILES string of the molecule is Cc1n[nH]c(C)c1NC(=O)c1cc(N)ccc1Cl. The number of nitrogen functional groups attached to an aromatic ring is 1. The van der Waals surface area contributed by atoms with E-state index < -0.39 is 0 Å². The van der Waals surface area contributed by atoms with Gasteiger partial charge in [0.25, 0.3) is 5.91 Å². The molecule has 1 aromatic carbocycles. The fourth-order valence-corrected chi connectivity index (χ4v) is 1.84. The van der Waals surface area contributed by atoms with Crippen LogP contribution in [0.4, 0.5) is 11.4 Å². The van der Waals surface area contributed by atoms with Crippen LogP contribution < -0.4 is 11.1 Å². The highest BCUT2D eigenvalue weighted by molar-refractivity contribution is 6.34. The molecule has 1 amide bonds. The molecule has 0 aliphatic carbocycles. The quantitative estimate of drug-likeness (QED) is 0.729. The van der Waals surface area contributed by atoms with Crippen LogP contribution in [0.2, 0.25) is 5.02 Å². The van der Waals surface area contributed by atoms with Crippen molar-refractivity contribution >= 4 is 28.9 Å². The second-order valence-corrected chi connectivity index (χ2v) is 4.41. The van der Waals surface area contributed by atoms with Gasteiger partial charge in [-0.3, -0.25) is 9.89 Å². The van der Waals surface area contributed by atoms with Crippen LogP contribution in [0.15, 0.2) is 18.2 Å². The third-order valence-electron chi connectivity index (χ3n) is 2.60. The Balaban J connectivity index is 2.30. The molecule has 0 atom stereocenters. The van der Waals surface area contributed by atoms with Gasteiger partial charge < -0.3 is 11.1 Å². The maximum atomic E-state index is 12.1. The van der Waals surface area contributed by atoms with Crippen LogP contribution in [-0.2, 0) is 0 Å². The van der Waals surface area contributed by atoms with Gasteiger partial charge in [0.2, 0.25) is 0 Å². The van der Waals surface area contributed by atoms with Gasteiger partial charge in [-0.2, -0.15) is 5.10 Å². The number of halogens is 1. The fraction of sp³-hybridized carbons (Fsp3) is 0.167. The van der Waals surface area contributed by atoms with E-state index in [4.69, 9.17) is 17.3 Å². The number of rotatable bonds is 2. The first kappa shape index (κ1) is 12.4. The number of nitrogens with one attached hydrogen (secondary N) is 2. The largest absolute Gasteiger partial charge is 0.399 e. The molecule has 0 unspecified atom stereocenters. The first-order chi connectivity index (χ1) is 8.49. The average Bonchev–Trinajstić information content (AvgIpc) is 2.64. The van der Waals surface area contributed by atoms with Crippen molar-refractivity contribution in [2.75, 3.05) is 11.1 Å². The summed E-state index contributed by atoms with van der Waals surface area (Å²) in [6.45, 7) is 3.64. The zero-order chi connectivity index (χ0) is 13.3. The van der Waals surface area contributed by atoms with Gasteiger partial charge >= 0.3 is 0 Å². The Morgan fingerprint density at radius 1 is 1.44 bits per heavy atom. The molecule has 2 rings (SSSR count). The number of nitrogens with two attached hydrogens (primary N) is 1. The molecule has 0 saturated heterocycles. The Kier molecular flexibility index (Phi) is 3.25. The summed E-state index contributed by atoms with van der Waals surface area (Å²) in [7, 11) is 0. The zero-order valence-corrected chi connectivity index (χ0v) is 10.8. The van der Waals surface area contributed by atoms with Gasteiger partial charge in [0.05, 0.1) is 27.7 Å². The first-order valence-electron chi connectivity index (χ1n) is 5.37. The Morgan fingerprint density at radius 3 is 2.78 bits per heavy atom. The molecule has 1 heterocycles. The van der Waals surface area contributed by atoms with Crippen LogP contribution in [0.3, 0.4) is 0 Å². The highest BCUT2D eigenvalue weighted by atomic mass is 35.5. The average molecular weight is 265 g/mol. The maximum absolute atomic E-state index is 12.1. The fourth-order valence-electron chi connectivity index (χ4n) is 1.63. The molecular formula is C12H13ClN4O. The number of aromatic nitrogens is 2. The molecule has 94 valence electrons. The normalized spacial score (nSPS) is 10.4. The summed E-state index contributed by atoms with van der Waals surface area (Å²) in [6, 6.07) is 4.79. The van der Waals surface area contributed by atoms with Crippen molar-refractivity contribution in [3.05, 3.63) is 40.2 Å². The lowest BCUT2D eigenvalue weighted by molar-refractivity contribution is 0.102. The van der Waals surface area contributed by atoms with E-state index in [1.54, 1.807) is 25.1 Å². The molecule has 0 fully saturated rings. The highest BCUT2D eigenvalue weighted by Crippen LogP contribution is 2.22. The lowest BCUT2D eigenvalue weighted by Crippen LogP contribution is -2.13. The van der Waals surface area contributed by atoms with Crippen molar-refractivity contribution in [3.8, 4) is 0 Å². The van der Waals surface area contributed by atoms with E-state index in [9.17, 15) is 4.79 Å². The van der Waals surface area contributed by atoms with Gasteiger partial charge in [-0.05, 0) is 32.0 Å². The number of aromatic amines is 1. The van der Waals surface area contributed by atoms with Gasteiger partial charge in [-0.25, -0.2) is 0 Å². The monoisotopic (exact) mass is 264 g/mol. The van der Waals surface area contributed by atoms with Gasteiger partial charge in [0.15, 0.2) is 0 Å². The summed E-state index contributed by atoms with van der Waals surface area (Å²) in [6.07, 6.45) is 0. The van der Waals surface area contributed by atoms with Crippen LogP contribution in [0.1, 0.15) is 21.7 Å². The number of nitrogens with zero attached hydrogens (tertiary/aromatic N) is 1. The van der Waals surface area contributed by atoms with Gasteiger partial charge in [0, 0.05) is 5.69 Å². The Hall–Kier alpha value is -2.01. The molecule has 0 radical (unpaired) electrons. The summed E-state index contributed by atoms with van der Waals surface area (Å²) in [5, 5.41) is 9.93. The molecule has 0 aliphatic rings. The summed E-state index contributed by atoms with van der Waals surface area (Å²) < 4.78 is 0. The zero-order valence-electron chi connectivity index (χ0n) is 10.0. The first-order valence-corrected chi connectivity index (χ1v) is 5.74. The summed E-state index contributed by atoms with van der Waals surface area (Å²) in [5.41, 5.74) is 8.66. The number of aryl methyl sites for hydroxylation is 2. The third-order valence-corrected chi connectivity index (χ3v) is 2.93. The molecule has 5 nitrogen and oxygen atoms in total. The van der Waals surface area contributed by atoms with E-state index in [-0.39, 0.29) is 5.91 Å². The van der Waals surface area contributed by atoms with Gasteiger partial charge in [-0.15, -0.1) is 0 Å². The number of carbonyl (C=O) groups is 1. The Bertz CT molecular complexity index is 587. The maximum Gasteiger partial charge on any atom is 0.257 e. The molecule has 0 bridgehead atoms. The van der Waals surface area contributed by atoms with Crippen molar-refractivity contribution in [1.82, 2.24) is 10.2 Å². The third kappa shape index (κ3) is 2.31. The van der Waals surface area contributed by atoms with Crippen LogP contribution in [0, 0.1) is 13.8 Å². The van der Waals surface area contributed by atoms with Crippen molar-refractivity contribution in [2.24, 2.45) is 0 Å². The molecule has 0 aliphatic heterocycles.